The second kappa shape index (κ2) is 6.05. The number of piperidine rings is 1. The van der Waals surface area contributed by atoms with Crippen molar-refractivity contribution in [3.63, 3.8) is 0 Å². The quantitative estimate of drug-likeness (QED) is 0.467. The second-order valence-corrected chi connectivity index (χ2v) is 4.77. The molecule has 0 radical (unpaired) electrons. The predicted molar refractivity (Wildman–Crippen MR) is 69.5 cm³/mol. The summed E-state index contributed by atoms with van der Waals surface area (Å²) >= 11 is 0. The van der Waals surface area contributed by atoms with Crippen molar-refractivity contribution >= 4 is 5.91 Å². The van der Waals surface area contributed by atoms with Crippen molar-refractivity contribution in [2.75, 3.05) is 13.1 Å². The van der Waals surface area contributed by atoms with Crippen molar-refractivity contribution in [1.29, 1.82) is 0 Å². The number of alkyl halides is 3. The van der Waals surface area contributed by atoms with E-state index >= 15 is 0 Å². The van der Waals surface area contributed by atoms with Crippen molar-refractivity contribution in [2.45, 2.75) is 25.1 Å². The summed E-state index contributed by atoms with van der Waals surface area (Å²) in [6.07, 6.45) is -3.64. The van der Waals surface area contributed by atoms with Crippen LogP contribution in [0.2, 0.25) is 0 Å². The van der Waals surface area contributed by atoms with Crippen LogP contribution in [0.15, 0.2) is 29.4 Å². The number of nitrogens with zero attached hydrogens (tertiary/aromatic N) is 4. The van der Waals surface area contributed by atoms with Gasteiger partial charge in [-0.2, -0.15) is 13.2 Å². The summed E-state index contributed by atoms with van der Waals surface area (Å²) in [4.78, 5) is 16.3. The van der Waals surface area contributed by atoms with Crippen LogP contribution in [-0.4, -0.2) is 29.9 Å². The van der Waals surface area contributed by atoms with Gasteiger partial charge in [-0.15, -0.1) is 0 Å². The van der Waals surface area contributed by atoms with Crippen LogP contribution in [-0.2, 0) is 6.18 Å². The molecule has 21 heavy (non-hydrogen) atoms. The van der Waals surface area contributed by atoms with Crippen LogP contribution in [0.3, 0.4) is 0 Å². The zero-order valence-electron chi connectivity index (χ0n) is 11.0. The molecule has 1 aliphatic heterocycles. The smallest absolute Gasteiger partial charge is 0.339 e. The average molecular weight is 298 g/mol. The lowest BCUT2D eigenvalue weighted by molar-refractivity contribution is -0.138. The van der Waals surface area contributed by atoms with Crippen LogP contribution in [0.1, 0.15) is 28.8 Å². The molecule has 0 aliphatic carbocycles. The van der Waals surface area contributed by atoms with Gasteiger partial charge in [0.15, 0.2) is 0 Å². The highest BCUT2D eigenvalue weighted by Gasteiger charge is 2.36. The first-order valence-electron chi connectivity index (χ1n) is 6.43. The Morgan fingerprint density at radius 3 is 2.48 bits per heavy atom. The van der Waals surface area contributed by atoms with Crippen LogP contribution in [0.4, 0.5) is 13.2 Å². The fourth-order valence-electron chi connectivity index (χ4n) is 2.34. The van der Waals surface area contributed by atoms with E-state index in [1.165, 1.54) is 23.1 Å². The molecule has 8 heteroatoms. The van der Waals surface area contributed by atoms with Crippen LogP contribution >= 0.6 is 0 Å². The van der Waals surface area contributed by atoms with Gasteiger partial charge in [-0.3, -0.25) is 4.79 Å². The molecule has 0 unspecified atom stereocenters. The Morgan fingerprint density at radius 2 is 1.90 bits per heavy atom. The largest absolute Gasteiger partial charge is 0.417 e. The van der Waals surface area contributed by atoms with Crippen molar-refractivity contribution in [1.82, 2.24) is 4.90 Å². The Labute approximate surface area is 119 Å². The molecular weight excluding hydrogens is 285 g/mol. The number of hydrogen-bond acceptors (Lipinski definition) is 2. The molecule has 0 aromatic heterocycles. The highest BCUT2D eigenvalue weighted by atomic mass is 19.4. The van der Waals surface area contributed by atoms with Gasteiger partial charge in [-0.1, -0.05) is 17.2 Å². The standard InChI is InChI=1S/C13H13F3N4O/c14-13(15,16)11-4-2-1-3-10(11)12(21)20-7-5-9(6-8-20)18-19-17/h1-4,9H,5-8H2. The van der Waals surface area contributed by atoms with E-state index in [0.717, 1.165) is 6.07 Å². The fourth-order valence-corrected chi connectivity index (χ4v) is 2.34. The molecule has 1 heterocycles. The summed E-state index contributed by atoms with van der Waals surface area (Å²) < 4.78 is 38.7. The average Bonchev–Trinajstić information content (AvgIpc) is 2.47. The zero-order valence-corrected chi connectivity index (χ0v) is 11.0. The maximum absolute atomic E-state index is 12.9. The summed E-state index contributed by atoms with van der Waals surface area (Å²) in [5, 5.41) is 3.57. The van der Waals surface area contributed by atoms with Gasteiger partial charge in [0, 0.05) is 24.0 Å². The fraction of sp³-hybridized carbons (Fsp3) is 0.462. The molecule has 5 nitrogen and oxygen atoms in total. The van der Waals surface area contributed by atoms with Crippen LogP contribution in [0, 0.1) is 0 Å². The molecule has 1 amide bonds. The molecule has 2 rings (SSSR count). The summed E-state index contributed by atoms with van der Waals surface area (Å²) in [6.45, 7) is 0.573. The molecule has 0 bridgehead atoms. The van der Waals surface area contributed by atoms with E-state index in [-0.39, 0.29) is 24.7 Å². The molecule has 0 saturated carbocycles. The number of azide groups is 1. The number of amides is 1. The number of carbonyl (C=O) groups excluding carboxylic acids is 1. The third-order valence-electron chi connectivity index (χ3n) is 3.43. The van der Waals surface area contributed by atoms with Gasteiger partial charge in [0.2, 0.25) is 0 Å². The van der Waals surface area contributed by atoms with E-state index in [1.807, 2.05) is 0 Å². The molecule has 112 valence electrons. The number of halogens is 3. The number of likely N-dealkylation sites (tertiary alicyclic amines) is 1. The molecule has 0 atom stereocenters. The van der Waals surface area contributed by atoms with Crippen molar-refractivity contribution in [3.05, 3.63) is 45.8 Å². The second-order valence-electron chi connectivity index (χ2n) is 4.77. The van der Waals surface area contributed by atoms with Crippen LogP contribution in [0.25, 0.3) is 10.4 Å². The van der Waals surface area contributed by atoms with Gasteiger partial charge >= 0.3 is 6.18 Å². The Hall–Kier alpha value is -2.21. The summed E-state index contributed by atoms with van der Waals surface area (Å²) in [5.74, 6) is -0.637. The van der Waals surface area contributed by atoms with E-state index < -0.39 is 17.6 Å². The van der Waals surface area contributed by atoms with E-state index in [1.54, 1.807) is 0 Å². The van der Waals surface area contributed by atoms with Crippen molar-refractivity contribution in [3.8, 4) is 0 Å². The van der Waals surface area contributed by atoms with Gasteiger partial charge in [-0.25, -0.2) is 0 Å². The molecule has 1 fully saturated rings. The Kier molecular flexibility index (Phi) is 4.37. The molecular formula is C13H13F3N4O. The van der Waals surface area contributed by atoms with E-state index in [9.17, 15) is 18.0 Å². The summed E-state index contributed by atoms with van der Waals surface area (Å²) in [6, 6.07) is 4.56. The number of carbonyl (C=O) groups is 1. The van der Waals surface area contributed by atoms with Gasteiger partial charge < -0.3 is 4.90 Å². The minimum atomic E-state index is -4.56. The van der Waals surface area contributed by atoms with Crippen LogP contribution < -0.4 is 0 Å². The highest BCUT2D eigenvalue weighted by Crippen LogP contribution is 2.32. The summed E-state index contributed by atoms with van der Waals surface area (Å²) in [7, 11) is 0. The molecule has 1 aromatic rings. The number of rotatable bonds is 2. The molecule has 1 aromatic carbocycles. The highest BCUT2D eigenvalue weighted by molar-refractivity contribution is 5.96. The lowest BCUT2D eigenvalue weighted by atomic mass is 10.0. The van der Waals surface area contributed by atoms with Crippen molar-refractivity contribution in [2.24, 2.45) is 5.11 Å². The maximum atomic E-state index is 12.9. The monoisotopic (exact) mass is 298 g/mol. The normalized spacial score (nSPS) is 16.4. The molecule has 0 N–H and O–H groups in total. The number of hydrogen-bond donors (Lipinski definition) is 0. The van der Waals surface area contributed by atoms with Gasteiger partial charge in [0.1, 0.15) is 0 Å². The number of benzene rings is 1. The van der Waals surface area contributed by atoms with E-state index in [2.05, 4.69) is 10.0 Å². The van der Waals surface area contributed by atoms with Crippen LogP contribution in [0.5, 0.6) is 0 Å². The minimum absolute atomic E-state index is 0.197. The van der Waals surface area contributed by atoms with Crippen molar-refractivity contribution < 1.29 is 18.0 Å². The van der Waals surface area contributed by atoms with E-state index in [0.29, 0.717) is 12.8 Å². The van der Waals surface area contributed by atoms with E-state index in [4.69, 9.17) is 5.53 Å². The third kappa shape index (κ3) is 3.46. The Bertz CT molecular complexity index is 573. The SMILES string of the molecule is [N-]=[N+]=NC1CCN(C(=O)c2ccccc2C(F)(F)F)CC1. The maximum Gasteiger partial charge on any atom is 0.417 e. The zero-order chi connectivity index (χ0) is 15.5. The first-order valence-corrected chi connectivity index (χ1v) is 6.43. The topological polar surface area (TPSA) is 69.1 Å². The molecule has 0 spiro atoms. The van der Waals surface area contributed by atoms with Gasteiger partial charge in [-0.05, 0) is 30.5 Å². The first-order chi connectivity index (χ1) is 9.93. The predicted octanol–water partition coefficient (Wildman–Crippen LogP) is 3.62. The Balaban J connectivity index is 2.17. The third-order valence-corrected chi connectivity index (χ3v) is 3.43. The first kappa shape index (κ1) is 15.2. The lowest BCUT2D eigenvalue weighted by Crippen LogP contribution is -2.40. The van der Waals surface area contributed by atoms with Gasteiger partial charge in [0.25, 0.3) is 5.91 Å². The minimum Gasteiger partial charge on any atom is -0.339 e. The lowest BCUT2D eigenvalue weighted by Gasteiger charge is -2.30. The summed E-state index contributed by atoms with van der Waals surface area (Å²) in [5.41, 5.74) is 7.09. The molecule has 1 aliphatic rings. The molecule has 1 saturated heterocycles. The Morgan fingerprint density at radius 1 is 1.29 bits per heavy atom. The van der Waals surface area contributed by atoms with Gasteiger partial charge in [0.05, 0.1) is 11.1 Å².